The van der Waals surface area contributed by atoms with Gasteiger partial charge in [-0.3, -0.25) is 0 Å². The topological polar surface area (TPSA) is 15.3 Å². The molecule has 0 aliphatic heterocycles. The standard InChI is InChI=1S/C17H22N2/c1-18-17(12-19(2)16-9-10-16)15-8-7-13-5-3-4-6-14(13)11-15/h3-8,11,16-18H,9-10,12H2,1-2H3. The zero-order chi connectivity index (χ0) is 13.2. The minimum atomic E-state index is 0.412. The van der Waals surface area contributed by atoms with Crippen LogP contribution in [-0.4, -0.2) is 31.6 Å². The Morgan fingerprint density at radius 3 is 2.58 bits per heavy atom. The maximum Gasteiger partial charge on any atom is 0.0447 e. The summed E-state index contributed by atoms with van der Waals surface area (Å²) >= 11 is 0. The van der Waals surface area contributed by atoms with Gasteiger partial charge >= 0.3 is 0 Å². The van der Waals surface area contributed by atoms with E-state index in [4.69, 9.17) is 0 Å². The predicted molar refractivity (Wildman–Crippen MR) is 81.4 cm³/mol. The van der Waals surface area contributed by atoms with Crippen molar-refractivity contribution in [3.8, 4) is 0 Å². The zero-order valence-corrected chi connectivity index (χ0v) is 11.8. The first-order valence-corrected chi connectivity index (χ1v) is 7.14. The van der Waals surface area contributed by atoms with Crippen LogP contribution in [0.25, 0.3) is 10.8 Å². The average molecular weight is 254 g/mol. The van der Waals surface area contributed by atoms with Gasteiger partial charge in [0.25, 0.3) is 0 Å². The minimum absolute atomic E-state index is 0.412. The van der Waals surface area contributed by atoms with Crippen LogP contribution in [0, 0.1) is 0 Å². The molecule has 1 unspecified atom stereocenters. The first-order chi connectivity index (χ1) is 9.28. The summed E-state index contributed by atoms with van der Waals surface area (Å²) in [4.78, 5) is 2.48. The largest absolute Gasteiger partial charge is 0.312 e. The van der Waals surface area contributed by atoms with E-state index in [2.05, 4.69) is 66.8 Å². The van der Waals surface area contributed by atoms with Gasteiger partial charge < -0.3 is 10.2 Å². The lowest BCUT2D eigenvalue weighted by atomic mass is 10.0. The van der Waals surface area contributed by atoms with Crippen molar-refractivity contribution in [2.24, 2.45) is 0 Å². The number of benzene rings is 2. The van der Waals surface area contributed by atoms with E-state index < -0.39 is 0 Å². The van der Waals surface area contributed by atoms with E-state index >= 15 is 0 Å². The fraction of sp³-hybridized carbons (Fsp3) is 0.412. The summed E-state index contributed by atoms with van der Waals surface area (Å²) in [6.45, 7) is 1.08. The van der Waals surface area contributed by atoms with Crippen LogP contribution < -0.4 is 5.32 Å². The second kappa shape index (κ2) is 5.32. The molecular formula is C17H22N2. The van der Waals surface area contributed by atoms with Crippen LogP contribution >= 0.6 is 0 Å². The molecule has 2 heteroatoms. The molecule has 1 fully saturated rings. The summed E-state index contributed by atoms with van der Waals surface area (Å²) in [7, 11) is 4.30. The molecule has 0 heterocycles. The van der Waals surface area contributed by atoms with Gasteiger partial charge in [-0.1, -0.05) is 36.4 Å². The van der Waals surface area contributed by atoms with Crippen molar-refractivity contribution in [1.82, 2.24) is 10.2 Å². The Morgan fingerprint density at radius 2 is 1.89 bits per heavy atom. The van der Waals surface area contributed by atoms with E-state index in [1.54, 1.807) is 0 Å². The highest BCUT2D eigenvalue weighted by molar-refractivity contribution is 5.83. The fourth-order valence-corrected chi connectivity index (χ4v) is 2.74. The molecule has 0 saturated heterocycles. The van der Waals surface area contributed by atoms with Crippen LogP contribution in [0.15, 0.2) is 42.5 Å². The van der Waals surface area contributed by atoms with E-state index in [-0.39, 0.29) is 0 Å². The van der Waals surface area contributed by atoms with Gasteiger partial charge in [0.15, 0.2) is 0 Å². The third-order valence-electron chi connectivity index (χ3n) is 4.17. The van der Waals surface area contributed by atoms with Crippen molar-refractivity contribution in [1.29, 1.82) is 0 Å². The summed E-state index contributed by atoms with van der Waals surface area (Å²) in [6.07, 6.45) is 2.73. The van der Waals surface area contributed by atoms with Crippen LogP contribution in [0.3, 0.4) is 0 Å². The molecule has 2 aromatic rings. The number of nitrogens with one attached hydrogen (secondary N) is 1. The third kappa shape index (κ3) is 2.80. The smallest absolute Gasteiger partial charge is 0.0447 e. The number of hydrogen-bond acceptors (Lipinski definition) is 2. The van der Waals surface area contributed by atoms with Crippen LogP contribution in [0.5, 0.6) is 0 Å². The number of hydrogen-bond donors (Lipinski definition) is 1. The molecule has 2 aromatic carbocycles. The van der Waals surface area contributed by atoms with Gasteiger partial charge in [0.2, 0.25) is 0 Å². The average Bonchev–Trinajstić information content (AvgIpc) is 3.28. The Hall–Kier alpha value is -1.38. The van der Waals surface area contributed by atoms with Crippen LogP contribution in [0.2, 0.25) is 0 Å². The van der Waals surface area contributed by atoms with Gasteiger partial charge in [0, 0.05) is 18.6 Å². The van der Waals surface area contributed by atoms with Crippen molar-refractivity contribution < 1.29 is 0 Å². The maximum absolute atomic E-state index is 3.45. The predicted octanol–water partition coefficient (Wildman–Crippen LogP) is 3.19. The zero-order valence-electron chi connectivity index (χ0n) is 11.8. The molecule has 2 nitrogen and oxygen atoms in total. The van der Waals surface area contributed by atoms with E-state index in [1.165, 1.54) is 29.2 Å². The Kier molecular flexibility index (Phi) is 3.54. The lowest BCUT2D eigenvalue weighted by Gasteiger charge is -2.24. The highest BCUT2D eigenvalue weighted by Gasteiger charge is 2.27. The molecule has 0 aromatic heterocycles. The molecular weight excluding hydrogens is 232 g/mol. The summed E-state index contributed by atoms with van der Waals surface area (Å²) in [6, 6.07) is 16.6. The Labute approximate surface area is 115 Å². The fourth-order valence-electron chi connectivity index (χ4n) is 2.74. The Bertz CT molecular complexity index is 560. The molecule has 1 saturated carbocycles. The Morgan fingerprint density at radius 1 is 1.16 bits per heavy atom. The molecule has 0 radical (unpaired) electrons. The van der Waals surface area contributed by atoms with Crippen molar-refractivity contribution in [3.63, 3.8) is 0 Å². The van der Waals surface area contributed by atoms with Crippen LogP contribution in [0.4, 0.5) is 0 Å². The summed E-state index contributed by atoms with van der Waals surface area (Å²) < 4.78 is 0. The number of nitrogens with zero attached hydrogens (tertiary/aromatic N) is 1. The second-order valence-corrected chi connectivity index (χ2v) is 5.62. The number of rotatable bonds is 5. The quantitative estimate of drug-likeness (QED) is 0.881. The molecule has 19 heavy (non-hydrogen) atoms. The van der Waals surface area contributed by atoms with Crippen molar-refractivity contribution in [2.75, 3.05) is 20.6 Å². The van der Waals surface area contributed by atoms with E-state index in [0.717, 1.165) is 12.6 Å². The monoisotopic (exact) mass is 254 g/mol. The van der Waals surface area contributed by atoms with Gasteiger partial charge in [-0.05, 0) is 49.3 Å². The van der Waals surface area contributed by atoms with Gasteiger partial charge in [-0.2, -0.15) is 0 Å². The molecule has 1 aliphatic rings. The number of fused-ring (bicyclic) bond motifs is 1. The first-order valence-electron chi connectivity index (χ1n) is 7.14. The molecule has 1 atom stereocenters. The highest BCUT2D eigenvalue weighted by Crippen LogP contribution is 2.28. The SMILES string of the molecule is CNC(CN(C)C1CC1)c1ccc2ccccc2c1. The van der Waals surface area contributed by atoms with E-state index in [9.17, 15) is 0 Å². The third-order valence-corrected chi connectivity index (χ3v) is 4.17. The van der Waals surface area contributed by atoms with Gasteiger partial charge in [0.05, 0.1) is 0 Å². The molecule has 1 aliphatic carbocycles. The molecule has 0 bridgehead atoms. The molecule has 0 amide bonds. The molecule has 0 spiro atoms. The summed E-state index contributed by atoms with van der Waals surface area (Å²) in [5, 5.41) is 6.10. The minimum Gasteiger partial charge on any atom is -0.312 e. The molecule has 1 N–H and O–H groups in total. The van der Waals surface area contributed by atoms with E-state index in [0.29, 0.717) is 6.04 Å². The first kappa shape index (κ1) is 12.6. The van der Waals surface area contributed by atoms with Crippen molar-refractivity contribution in [3.05, 3.63) is 48.0 Å². The van der Waals surface area contributed by atoms with Crippen molar-refractivity contribution >= 4 is 10.8 Å². The summed E-state index contributed by atoms with van der Waals surface area (Å²) in [5.41, 5.74) is 1.38. The van der Waals surface area contributed by atoms with Gasteiger partial charge in [-0.15, -0.1) is 0 Å². The Balaban J connectivity index is 1.83. The van der Waals surface area contributed by atoms with E-state index in [1.807, 2.05) is 0 Å². The second-order valence-electron chi connectivity index (χ2n) is 5.62. The maximum atomic E-state index is 3.45. The van der Waals surface area contributed by atoms with Crippen molar-refractivity contribution in [2.45, 2.75) is 24.9 Å². The normalized spacial score (nSPS) is 17.0. The lowest BCUT2D eigenvalue weighted by molar-refractivity contribution is 0.288. The van der Waals surface area contributed by atoms with Gasteiger partial charge in [-0.25, -0.2) is 0 Å². The summed E-state index contributed by atoms with van der Waals surface area (Å²) in [5.74, 6) is 0. The number of likely N-dealkylation sites (N-methyl/N-ethyl adjacent to an activating group) is 2. The van der Waals surface area contributed by atoms with Crippen LogP contribution in [0.1, 0.15) is 24.4 Å². The van der Waals surface area contributed by atoms with Gasteiger partial charge in [0.1, 0.15) is 0 Å². The lowest BCUT2D eigenvalue weighted by Crippen LogP contribution is -2.32. The molecule has 3 rings (SSSR count). The van der Waals surface area contributed by atoms with Crippen LogP contribution in [-0.2, 0) is 0 Å². The highest BCUT2D eigenvalue weighted by atomic mass is 15.2. The molecule has 100 valence electrons.